The van der Waals surface area contributed by atoms with E-state index in [4.69, 9.17) is 16.3 Å². The van der Waals surface area contributed by atoms with Crippen molar-refractivity contribution in [2.24, 2.45) is 0 Å². The Hall–Kier alpha value is -2.33. The fourth-order valence-electron chi connectivity index (χ4n) is 2.51. The van der Waals surface area contributed by atoms with Gasteiger partial charge in [-0.25, -0.2) is 0 Å². The van der Waals surface area contributed by atoms with E-state index in [1.165, 1.54) is 0 Å². The standard InChI is InChI=1S/C20H22ClNO3/c1-2-18(16-6-4-3-5-7-16)20(24)25-14-19(23)22-13-12-15-8-10-17(21)11-9-15/h3-11,18H,2,12-14H2,1H3,(H,22,23)/t18-/m1/s1. The van der Waals surface area contributed by atoms with Gasteiger partial charge < -0.3 is 10.1 Å². The predicted octanol–water partition coefficient (Wildman–Crippen LogP) is 3.74. The molecule has 0 saturated carbocycles. The molecular weight excluding hydrogens is 338 g/mol. The van der Waals surface area contributed by atoms with E-state index in [1.807, 2.05) is 61.5 Å². The van der Waals surface area contributed by atoms with Gasteiger partial charge in [0.2, 0.25) is 0 Å². The Bertz CT molecular complexity index is 686. The van der Waals surface area contributed by atoms with E-state index >= 15 is 0 Å². The number of ether oxygens (including phenoxy) is 1. The van der Waals surface area contributed by atoms with E-state index in [-0.39, 0.29) is 24.4 Å². The van der Waals surface area contributed by atoms with Crippen molar-refractivity contribution in [1.82, 2.24) is 5.32 Å². The van der Waals surface area contributed by atoms with Crippen LogP contribution in [0.4, 0.5) is 0 Å². The maximum absolute atomic E-state index is 12.2. The topological polar surface area (TPSA) is 55.4 Å². The smallest absolute Gasteiger partial charge is 0.313 e. The van der Waals surface area contributed by atoms with Gasteiger partial charge in [-0.1, -0.05) is 61.0 Å². The first-order valence-electron chi connectivity index (χ1n) is 8.33. The highest BCUT2D eigenvalue weighted by atomic mass is 35.5. The molecule has 5 heteroatoms. The van der Waals surface area contributed by atoms with E-state index in [0.717, 1.165) is 11.1 Å². The van der Waals surface area contributed by atoms with Crippen LogP contribution in [0.3, 0.4) is 0 Å². The number of halogens is 1. The number of carbonyl (C=O) groups excluding carboxylic acids is 2. The highest BCUT2D eigenvalue weighted by Gasteiger charge is 2.20. The van der Waals surface area contributed by atoms with Crippen LogP contribution in [0, 0.1) is 0 Å². The number of benzene rings is 2. The minimum atomic E-state index is -0.374. The number of esters is 1. The van der Waals surface area contributed by atoms with Crippen molar-refractivity contribution in [3.8, 4) is 0 Å². The summed E-state index contributed by atoms with van der Waals surface area (Å²) in [7, 11) is 0. The lowest BCUT2D eigenvalue weighted by Gasteiger charge is -2.14. The van der Waals surface area contributed by atoms with Crippen LogP contribution < -0.4 is 5.32 Å². The molecule has 1 amide bonds. The van der Waals surface area contributed by atoms with Gasteiger partial charge in [-0.05, 0) is 36.1 Å². The summed E-state index contributed by atoms with van der Waals surface area (Å²) in [4.78, 5) is 24.0. The van der Waals surface area contributed by atoms with Crippen LogP contribution in [0.5, 0.6) is 0 Å². The zero-order chi connectivity index (χ0) is 18.1. The molecule has 0 spiro atoms. The highest BCUT2D eigenvalue weighted by Crippen LogP contribution is 2.20. The van der Waals surface area contributed by atoms with Crippen molar-refractivity contribution in [3.05, 3.63) is 70.7 Å². The van der Waals surface area contributed by atoms with Crippen molar-refractivity contribution in [2.75, 3.05) is 13.2 Å². The normalized spacial score (nSPS) is 11.6. The molecule has 0 bridgehead atoms. The van der Waals surface area contributed by atoms with E-state index < -0.39 is 0 Å². The van der Waals surface area contributed by atoms with Crippen LogP contribution in [0.25, 0.3) is 0 Å². The van der Waals surface area contributed by atoms with Gasteiger partial charge >= 0.3 is 5.97 Å². The molecule has 25 heavy (non-hydrogen) atoms. The maximum Gasteiger partial charge on any atom is 0.313 e. The van der Waals surface area contributed by atoms with Gasteiger partial charge in [0, 0.05) is 11.6 Å². The molecule has 0 aromatic heterocycles. The fraction of sp³-hybridized carbons (Fsp3) is 0.300. The highest BCUT2D eigenvalue weighted by molar-refractivity contribution is 6.30. The molecule has 0 aliphatic carbocycles. The Kier molecular flexibility index (Phi) is 7.48. The third-order valence-electron chi connectivity index (χ3n) is 3.89. The lowest BCUT2D eigenvalue weighted by Crippen LogP contribution is -2.31. The molecule has 2 aromatic rings. The number of nitrogens with one attached hydrogen (secondary N) is 1. The molecule has 0 aliphatic heterocycles. The second-order valence-electron chi connectivity index (χ2n) is 5.71. The van der Waals surface area contributed by atoms with E-state index in [9.17, 15) is 9.59 Å². The molecule has 0 aliphatic rings. The van der Waals surface area contributed by atoms with Crippen LogP contribution in [0.2, 0.25) is 5.02 Å². The number of amides is 1. The molecule has 0 fully saturated rings. The van der Waals surface area contributed by atoms with Gasteiger partial charge in [-0.15, -0.1) is 0 Å². The summed E-state index contributed by atoms with van der Waals surface area (Å²) in [6, 6.07) is 16.9. The Morgan fingerprint density at radius 3 is 2.40 bits per heavy atom. The van der Waals surface area contributed by atoms with E-state index in [0.29, 0.717) is 24.4 Å². The second-order valence-corrected chi connectivity index (χ2v) is 6.14. The average molecular weight is 360 g/mol. The summed E-state index contributed by atoms with van der Waals surface area (Å²) in [5, 5.41) is 3.43. The average Bonchev–Trinajstić information content (AvgIpc) is 2.63. The van der Waals surface area contributed by atoms with Crippen LogP contribution in [-0.4, -0.2) is 25.0 Å². The van der Waals surface area contributed by atoms with E-state index in [1.54, 1.807) is 0 Å². The van der Waals surface area contributed by atoms with Crippen molar-refractivity contribution in [3.63, 3.8) is 0 Å². The number of hydrogen-bond acceptors (Lipinski definition) is 3. The first kappa shape index (κ1) is 19.0. The molecular formula is C20H22ClNO3. The number of carbonyl (C=O) groups is 2. The van der Waals surface area contributed by atoms with Crippen molar-refractivity contribution in [2.45, 2.75) is 25.7 Å². The minimum Gasteiger partial charge on any atom is -0.455 e. The molecule has 0 radical (unpaired) electrons. The molecule has 1 atom stereocenters. The molecule has 2 aromatic carbocycles. The summed E-state index contributed by atoms with van der Waals surface area (Å²) in [5.41, 5.74) is 1.98. The first-order valence-corrected chi connectivity index (χ1v) is 8.70. The third kappa shape index (κ3) is 6.24. The van der Waals surface area contributed by atoms with Crippen molar-refractivity contribution >= 4 is 23.5 Å². The van der Waals surface area contributed by atoms with Crippen LogP contribution >= 0.6 is 11.6 Å². The van der Waals surface area contributed by atoms with Gasteiger partial charge in [-0.3, -0.25) is 9.59 Å². The van der Waals surface area contributed by atoms with Gasteiger partial charge in [0.05, 0.1) is 5.92 Å². The molecule has 1 N–H and O–H groups in total. The van der Waals surface area contributed by atoms with Crippen LogP contribution in [0.15, 0.2) is 54.6 Å². The van der Waals surface area contributed by atoms with Crippen molar-refractivity contribution in [1.29, 1.82) is 0 Å². The largest absolute Gasteiger partial charge is 0.455 e. The maximum atomic E-state index is 12.2. The van der Waals surface area contributed by atoms with E-state index in [2.05, 4.69) is 5.32 Å². The summed E-state index contributed by atoms with van der Waals surface area (Å²) in [6.07, 6.45) is 1.32. The zero-order valence-corrected chi connectivity index (χ0v) is 15.0. The first-order chi connectivity index (χ1) is 12.1. The summed E-state index contributed by atoms with van der Waals surface area (Å²) < 4.78 is 5.16. The fourth-order valence-corrected chi connectivity index (χ4v) is 2.64. The number of rotatable bonds is 8. The Morgan fingerprint density at radius 2 is 1.76 bits per heavy atom. The predicted molar refractivity (Wildman–Crippen MR) is 98.6 cm³/mol. The molecule has 2 rings (SSSR count). The summed E-state index contributed by atoms with van der Waals surface area (Å²) in [6.45, 7) is 2.14. The lowest BCUT2D eigenvalue weighted by atomic mass is 9.97. The van der Waals surface area contributed by atoms with Crippen LogP contribution in [-0.2, 0) is 20.7 Å². The second kappa shape index (κ2) is 9.84. The quantitative estimate of drug-likeness (QED) is 0.730. The Balaban J connectivity index is 1.73. The zero-order valence-electron chi connectivity index (χ0n) is 14.2. The van der Waals surface area contributed by atoms with Gasteiger partial charge in [0.25, 0.3) is 5.91 Å². The molecule has 4 nitrogen and oxygen atoms in total. The minimum absolute atomic E-state index is 0.261. The molecule has 0 saturated heterocycles. The SMILES string of the molecule is CC[C@@H](C(=O)OCC(=O)NCCc1ccc(Cl)cc1)c1ccccc1. The number of hydrogen-bond donors (Lipinski definition) is 1. The van der Waals surface area contributed by atoms with Gasteiger partial charge in [-0.2, -0.15) is 0 Å². The Labute approximate surface area is 153 Å². The molecule has 132 valence electrons. The monoisotopic (exact) mass is 359 g/mol. The third-order valence-corrected chi connectivity index (χ3v) is 4.14. The van der Waals surface area contributed by atoms with Gasteiger partial charge in [0.1, 0.15) is 0 Å². The summed E-state index contributed by atoms with van der Waals surface area (Å²) >= 11 is 5.83. The van der Waals surface area contributed by atoms with Gasteiger partial charge in [0.15, 0.2) is 6.61 Å². The molecule has 0 unspecified atom stereocenters. The van der Waals surface area contributed by atoms with Crippen molar-refractivity contribution < 1.29 is 14.3 Å². The van der Waals surface area contributed by atoms with Crippen LogP contribution in [0.1, 0.15) is 30.4 Å². The Morgan fingerprint density at radius 1 is 1.08 bits per heavy atom. The summed E-state index contributed by atoms with van der Waals surface area (Å²) in [5.74, 6) is -1.02. The lowest BCUT2D eigenvalue weighted by molar-refractivity contribution is -0.150. The molecule has 0 heterocycles.